The molecule has 0 N–H and O–H groups in total. The van der Waals surface area contributed by atoms with E-state index < -0.39 is 12.8 Å². The van der Waals surface area contributed by atoms with E-state index >= 15 is 0 Å². The van der Waals surface area contributed by atoms with Gasteiger partial charge in [0.1, 0.15) is 6.10 Å². The monoisotopic (exact) mass is 156 g/mol. The van der Waals surface area contributed by atoms with Crippen LogP contribution in [0.5, 0.6) is 0 Å². The summed E-state index contributed by atoms with van der Waals surface area (Å²) in [6.45, 7) is -0.490. The number of hydrogen-bond acceptors (Lipinski definition) is 2. The number of halogens is 1. The predicted molar refractivity (Wildman–Crippen MR) is 37.4 cm³/mol. The molecule has 1 saturated heterocycles. The fourth-order valence-corrected chi connectivity index (χ4v) is 1.14. The molecule has 1 aliphatic heterocycles. The molecule has 1 fully saturated rings. The Labute approximate surface area is 64.7 Å². The molecule has 3 heteroatoms. The molecule has 2 unspecified atom stereocenters. The average Bonchev–Trinajstić information content (AvgIpc) is 2.32. The van der Waals surface area contributed by atoms with Gasteiger partial charge < -0.3 is 4.74 Å². The highest BCUT2D eigenvalue weighted by Gasteiger charge is 2.32. The molecule has 2 atom stereocenters. The van der Waals surface area contributed by atoms with Crippen molar-refractivity contribution in [3.8, 4) is 12.3 Å². The number of carbonyl (C=O) groups is 1. The minimum absolute atomic E-state index is 0.223. The van der Waals surface area contributed by atoms with Crippen molar-refractivity contribution < 1.29 is 13.9 Å². The van der Waals surface area contributed by atoms with E-state index in [-0.39, 0.29) is 24.7 Å². The van der Waals surface area contributed by atoms with Crippen molar-refractivity contribution in [2.45, 2.75) is 18.9 Å². The largest absolute Gasteiger partial charge is 0.461 e. The second-order valence-corrected chi connectivity index (χ2v) is 2.48. The Bertz CT molecular complexity index is 195. The Morgan fingerprint density at radius 2 is 2.55 bits per heavy atom. The van der Waals surface area contributed by atoms with Gasteiger partial charge in [-0.15, -0.1) is 6.42 Å². The molecule has 0 aromatic heterocycles. The summed E-state index contributed by atoms with van der Waals surface area (Å²) in [5.74, 6) is 1.88. The first-order valence-electron chi connectivity index (χ1n) is 3.49. The van der Waals surface area contributed by atoms with E-state index in [1.54, 1.807) is 0 Å². The molecule has 60 valence electrons. The van der Waals surface area contributed by atoms with E-state index in [4.69, 9.17) is 11.2 Å². The molecule has 0 aliphatic carbocycles. The zero-order valence-corrected chi connectivity index (χ0v) is 6.05. The van der Waals surface area contributed by atoms with Crippen LogP contribution in [0.2, 0.25) is 0 Å². The number of rotatable bonds is 2. The Kier molecular flexibility index (Phi) is 2.48. The summed E-state index contributed by atoms with van der Waals surface area (Å²) in [4.78, 5) is 10.7. The highest BCUT2D eigenvalue weighted by atomic mass is 19.1. The Balaban J connectivity index is 2.52. The zero-order chi connectivity index (χ0) is 8.27. The molecule has 1 aliphatic rings. The minimum atomic E-state index is -0.490. The lowest BCUT2D eigenvalue weighted by Crippen LogP contribution is -2.15. The average molecular weight is 156 g/mol. The van der Waals surface area contributed by atoms with Gasteiger partial charge in [-0.2, -0.15) is 0 Å². The maximum absolute atomic E-state index is 11.8. The first-order valence-corrected chi connectivity index (χ1v) is 3.49. The molecule has 11 heavy (non-hydrogen) atoms. The Morgan fingerprint density at radius 1 is 1.82 bits per heavy atom. The SMILES string of the molecule is C#CC1CC(=O)OC1CCF. The van der Waals surface area contributed by atoms with Crippen LogP contribution in [0.4, 0.5) is 4.39 Å². The first kappa shape index (κ1) is 8.06. The van der Waals surface area contributed by atoms with Gasteiger partial charge in [-0.25, -0.2) is 0 Å². The standard InChI is InChI=1S/C8H9FO2/c1-2-6-5-8(10)11-7(6)3-4-9/h1,6-7H,3-5H2. The van der Waals surface area contributed by atoms with Gasteiger partial charge in [0.15, 0.2) is 0 Å². The summed E-state index contributed by atoms with van der Waals surface area (Å²) in [6, 6.07) is 0. The van der Waals surface area contributed by atoms with Crippen LogP contribution in [0.15, 0.2) is 0 Å². The molecule has 0 saturated carbocycles. The normalized spacial score (nSPS) is 29.6. The molecular formula is C8H9FO2. The molecule has 2 nitrogen and oxygen atoms in total. The number of ether oxygens (including phenoxy) is 1. The molecule has 0 aromatic carbocycles. The van der Waals surface area contributed by atoms with E-state index in [0.29, 0.717) is 0 Å². The van der Waals surface area contributed by atoms with E-state index in [9.17, 15) is 9.18 Å². The van der Waals surface area contributed by atoms with Crippen molar-refractivity contribution >= 4 is 5.97 Å². The van der Waals surface area contributed by atoms with Crippen LogP contribution in [0.25, 0.3) is 0 Å². The van der Waals surface area contributed by atoms with Gasteiger partial charge in [-0.1, -0.05) is 5.92 Å². The minimum Gasteiger partial charge on any atom is -0.461 e. The number of esters is 1. The van der Waals surface area contributed by atoms with Crippen molar-refractivity contribution in [3.63, 3.8) is 0 Å². The number of hydrogen-bond donors (Lipinski definition) is 0. The Morgan fingerprint density at radius 3 is 3.09 bits per heavy atom. The van der Waals surface area contributed by atoms with E-state index in [2.05, 4.69) is 5.92 Å². The molecule has 0 bridgehead atoms. The summed E-state index contributed by atoms with van der Waals surface area (Å²) in [6.07, 6.45) is 5.18. The van der Waals surface area contributed by atoms with Crippen LogP contribution < -0.4 is 0 Å². The molecule has 0 amide bonds. The van der Waals surface area contributed by atoms with Gasteiger partial charge in [0.2, 0.25) is 0 Å². The van der Waals surface area contributed by atoms with Crippen molar-refractivity contribution in [2.24, 2.45) is 5.92 Å². The lowest BCUT2D eigenvalue weighted by Gasteiger charge is -2.09. The fourth-order valence-electron chi connectivity index (χ4n) is 1.14. The van der Waals surface area contributed by atoms with Gasteiger partial charge in [-0.05, 0) is 0 Å². The maximum Gasteiger partial charge on any atom is 0.307 e. The third-order valence-electron chi connectivity index (χ3n) is 1.73. The highest BCUT2D eigenvalue weighted by molar-refractivity contribution is 5.72. The lowest BCUT2D eigenvalue weighted by atomic mass is 10.0. The summed E-state index contributed by atoms with van der Waals surface area (Å²) < 4.78 is 16.6. The van der Waals surface area contributed by atoms with E-state index in [0.717, 1.165) is 0 Å². The van der Waals surface area contributed by atoms with Crippen LogP contribution in [0, 0.1) is 18.3 Å². The molecule has 1 rings (SSSR count). The maximum atomic E-state index is 11.8. The number of cyclic esters (lactones) is 1. The van der Waals surface area contributed by atoms with Crippen molar-refractivity contribution in [1.82, 2.24) is 0 Å². The molecule has 0 spiro atoms. The van der Waals surface area contributed by atoms with E-state index in [1.807, 2.05) is 0 Å². The lowest BCUT2D eigenvalue weighted by molar-refractivity contribution is -0.141. The van der Waals surface area contributed by atoms with Crippen molar-refractivity contribution in [3.05, 3.63) is 0 Å². The third kappa shape index (κ3) is 1.70. The number of alkyl halides is 1. The third-order valence-corrected chi connectivity index (χ3v) is 1.73. The second-order valence-electron chi connectivity index (χ2n) is 2.48. The zero-order valence-electron chi connectivity index (χ0n) is 6.05. The Hall–Kier alpha value is -1.04. The van der Waals surface area contributed by atoms with Crippen molar-refractivity contribution in [2.75, 3.05) is 6.67 Å². The quantitative estimate of drug-likeness (QED) is 0.439. The highest BCUT2D eigenvalue weighted by Crippen LogP contribution is 2.23. The topological polar surface area (TPSA) is 26.3 Å². The van der Waals surface area contributed by atoms with Crippen LogP contribution in [0.3, 0.4) is 0 Å². The van der Waals surface area contributed by atoms with Crippen LogP contribution >= 0.6 is 0 Å². The van der Waals surface area contributed by atoms with Crippen LogP contribution in [0.1, 0.15) is 12.8 Å². The molecule has 0 radical (unpaired) electrons. The van der Waals surface area contributed by atoms with E-state index in [1.165, 1.54) is 0 Å². The van der Waals surface area contributed by atoms with Crippen LogP contribution in [-0.2, 0) is 9.53 Å². The van der Waals surface area contributed by atoms with Gasteiger partial charge in [-0.3, -0.25) is 9.18 Å². The van der Waals surface area contributed by atoms with Gasteiger partial charge in [0, 0.05) is 6.42 Å². The smallest absolute Gasteiger partial charge is 0.307 e. The molecule has 1 heterocycles. The summed E-state index contributed by atoms with van der Waals surface area (Å²) in [5, 5.41) is 0. The predicted octanol–water partition coefficient (Wildman–Crippen LogP) is 0.911. The summed E-state index contributed by atoms with van der Waals surface area (Å²) in [7, 11) is 0. The molecular weight excluding hydrogens is 147 g/mol. The fraction of sp³-hybridized carbons (Fsp3) is 0.625. The molecule has 0 aromatic rings. The summed E-state index contributed by atoms with van der Waals surface area (Å²) in [5.41, 5.74) is 0. The van der Waals surface area contributed by atoms with Gasteiger partial charge in [0.05, 0.1) is 19.0 Å². The van der Waals surface area contributed by atoms with Gasteiger partial charge >= 0.3 is 5.97 Å². The number of carbonyl (C=O) groups excluding carboxylic acids is 1. The first-order chi connectivity index (χ1) is 5.27. The summed E-state index contributed by atoms with van der Waals surface area (Å²) >= 11 is 0. The van der Waals surface area contributed by atoms with Crippen molar-refractivity contribution in [1.29, 1.82) is 0 Å². The number of terminal acetylenes is 1. The van der Waals surface area contributed by atoms with Gasteiger partial charge in [0.25, 0.3) is 0 Å². The second kappa shape index (κ2) is 3.38. The van der Waals surface area contributed by atoms with Crippen LogP contribution in [-0.4, -0.2) is 18.7 Å².